The number of nitrogens with two attached hydrogens (primary N) is 1. The molecule has 0 fully saturated rings. The Morgan fingerprint density at radius 1 is 1.59 bits per heavy atom. The van der Waals surface area contributed by atoms with E-state index < -0.39 is 0 Å². The van der Waals surface area contributed by atoms with Gasteiger partial charge in [-0.15, -0.1) is 0 Å². The maximum Gasteiger partial charge on any atom is 0.274 e. The lowest BCUT2D eigenvalue weighted by molar-refractivity contribution is 0.0693. The monoisotopic (exact) mass is 240 g/mol. The fraction of sp³-hybridized carbons (Fsp3) is 0.636. The third-order valence-corrected chi connectivity index (χ3v) is 2.45. The summed E-state index contributed by atoms with van der Waals surface area (Å²) in [6, 6.07) is 0. The molecule has 1 aromatic rings. The molecule has 0 radical (unpaired) electrons. The predicted octanol–water partition coefficient (Wildman–Crippen LogP) is 0.709. The Hall–Kier alpha value is -1.56. The Balaban J connectivity index is 2.55. The number of hydrogen-bond acceptors (Lipinski definition) is 4. The molecule has 1 aromatic heterocycles. The van der Waals surface area contributed by atoms with Crippen molar-refractivity contribution in [3.05, 3.63) is 11.4 Å². The van der Waals surface area contributed by atoms with E-state index in [2.05, 4.69) is 15.5 Å². The molecule has 96 valence electrons. The molecule has 1 rings (SSSR count). The lowest BCUT2D eigenvalue weighted by Crippen LogP contribution is -2.32. The molecule has 0 spiro atoms. The van der Waals surface area contributed by atoms with E-state index in [0.717, 1.165) is 12.1 Å². The average molecular weight is 240 g/mol. The van der Waals surface area contributed by atoms with Crippen LogP contribution in [0.3, 0.4) is 0 Å². The first-order valence-electron chi connectivity index (χ1n) is 5.82. The van der Waals surface area contributed by atoms with Crippen LogP contribution >= 0.6 is 0 Å². The SMILES string of the molecule is CCOC(C)CNC(=O)c1n[nH]c(CC)c1N. The van der Waals surface area contributed by atoms with Gasteiger partial charge in [-0.3, -0.25) is 9.89 Å². The first-order valence-corrected chi connectivity index (χ1v) is 5.82. The van der Waals surface area contributed by atoms with Crippen molar-refractivity contribution in [2.75, 3.05) is 18.9 Å². The summed E-state index contributed by atoms with van der Waals surface area (Å²) >= 11 is 0. The molecular formula is C11H20N4O2. The van der Waals surface area contributed by atoms with Crippen LogP contribution in [0.4, 0.5) is 5.69 Å². The molecule has 6 nitrogen and oxygen atoms in total. The van der Waals surface area contributed by atoms with E-state index in [9.17, 15) is 4.79 Å². The zero-order chi connectivity index (χ0) is 12.8. The van der Waals surface area contributed by atoms with E-state index in [1.54, 1.807) is 0 Å². The van der Waals surface area contributed by atoms with Gasteiger partial charge in [0.25, 0.3) is 5.91 Å². The summed E-state index contributed by atoms with van der Waals surface area (Å²) in [6.07, 6.45) is 0.705. The number of nitrogen functional groups attached to an aromatic ring is 1. The molecule has 1 unspecified atom stereocenters. The minimum absolute atomic E-state index is 0.0187. The minimum atomic E-state index is -0.273. The van der Waals surface area contributed by atoms with Crippen molar-refractivity contribution >= 4 is 11.6 Å². The van der Waals surface area contributed by atoms with E-state index in [0.29, 0.717) is 18.8 Å². The number of anilines is 1. The van der Waals surface area contributed by atoms with Crippen molar-refractivity contribution in [2.24, 2.45) is 0 Å². The summed E-state index contributed by atoms with van der Waals surface area (Å²) in [5.74, 6) is -0.273. The molecule has 0 aliphatic rings. The number of carbonyl (C=O) groups is 1. The first-order chi connectivity index (χ1) is 8.10. The van der Waals surface area contributed by atoms with Crippen LogP contribution in [0.15, 0.2) is 0 Å². The van der Waals surface area contributed by atoms with Crippen LogP contribution in [-0.2, 0) is 11.2 Å². The number of nitrogens with one attached hydrogen (secondary N) is 2. The van der Waals surface area contributed by atoms with Gasteiger partial charge in [-0.1, -0.05) is 6.92 Å². The molecule has 0 bridgehead atoms. The summed E-state index contributed by atoms with van der Waals surface area (Å²) in [5, 5.41) is 9.39. The van der Waals surface area contributed by atoms with Crippen molar-refractivity contribution in [1.29, 1.82) is 0 Å². The van der Waals surface area contributed by atoms with Gasteiger partial charge >= 0.3 is 0 Å². The second-order valence-electron chi connectivity index (χ2n) is 3.79. The zero-order valence-electron chi connectivity index (χ0n) is 10.5. The highest BCUT2D eigenvalue weighted by molar-refractivity contribution is 5.97. The highest BCUT2D eigenvalue weighted by Crippen LogP contribution is 2.13. The summed E-state index contributed by atoms with van der Waals surface area (Å²) in [6.45, 7) is 6.83. The van der Waals surface area contributed by atoms with Gasteiger partial charge in [0.2, 0.25) is 0 Å². The van der Waals surface area contributed by atoms with Gasteiger partial charge in [-0.05, 0) is 20.3 Å². The molecule has 4 N–H and O–H groups in total. The second-order valence-corrected chi connectivity index (χ2v) is 3.79. The molecule has 17 heavy (non-hydrogen) atoms. The molecule has 0 saturated carbocycles. The normalized spacial score (nSPS) is 12.4. The number of hydrogen-bond donors (Lipinski definition) is 3. The van der Waals surface area contributed by atoms with Crippen molar-refractivity contribution in [1.82, 2.24) is 15.5 Å². The van der Waals surface area contributed by atoms with Gasteiger partial charge in [-0.25, -0.2) is 0 Å². The summed E-state index contributed by atoms with van der Waals surface area (Å²) in [4.78, 5) is 11.8. The maximum absolute atomic E-state index is 11.8. The van der Waals surface area contributed by atoms with Crippen LogP contribution in [-0.4, -0.2) is 35.4 Å². The van der Waals surface area contributed by atoms with Crippen molar-refractivity contribution in [3.63, 3.8) is 0 Å². The zero-order valence-corrected chi connectivity index (χ0v) is 10.5. The smallest absolute Gasteiger partial charge is 0.274 e. The van der Waals surface area contributed by atoms with E-state index in [1.807, 2.05) is 20.8 Å². The van der Waals surface area contributed by atoms with E-state index in [-0.39, 0.29) is 17.7 Å². The number of H-pyrrole nitrogens is 1. The number of aromatic amines is 1. The molecule has 0 aromatic carbocycles. The van der Waals surface area contributed by atoms with Crippen molar-refractivity contribution < 1.29 is 9.53 Å². The van der Waals surface area contributed by atoms with Gasteiger partial charge in [-0.2, -0.15) is 5.10 Å². The number of carbonyl (C=O) groups excluding carboxylic acids is 1. The number of nitrogens with zero attached hydrogens (tertiary/aromatic N) is 1. The minimum Gasteiger partial charge on any atom is -0.395 e. The molecule has 6 heteroatoms. The van der Waals surface area contributed by atoms with Crippen LogP contribution in [0, 0.1) is 0 Å². The molecule has 1 amide bonds. The Kier molecular flexibility index (Phi) is 4.96. The topological polar surface area (TPSA) is 93.0 Å². The van der Waals surface area contributed by atoms with Crippen LogP contribution < -0.4 is 11.1 Å². The van der Waals surface area contributed by atoms with Crippen molar-refractivity contribution in [2.45, 2.75) is 33.3 Å². The lowest BCUT2D eigenvalue weighted by atomic mass is 10.2. The predicted molar refractivity (Wildman–Crippen MR) is 65.8 cm³/mol. The quantitative estimate of drug-likeness (QED) is 0.682. The molecule has 1 atom stereocenters. The molecular weight excluding hydrogens is 220 g/mol. The third kappa shape index (κ3) is 3.45. The fourth-order valence-electron chi connectivity index (χ4n) is 1.49. The van der Waals surface area contributed by atoms with Crippen LogP contribution in [0.1, 0.15) is 37.0 Å². The lowest BCUT2D eigenvalue weighted by Gasteiger charge is -2.11. The Labute approximate surface area is 101 Å². The maximum atomic E-state index is 11.8. The van der Waals surface area contributed by atoms with Gasteiger partial charge in [0.1, 0.15) is 0 Å². The average Bonchev–Trinajstić information content (AvgIpc) is 2.68. The van der Waals surface area contributed by atoms with Crippen LogP contribution in [0.5, 0.6) is 0 Å². The van der Waals surface area contributed by atoms with Crippen molar-refractivity contribution in [3.8, 4) is 0 Å². The Bertz CT molecular complexity index is 376. The standard InChI is InChI=1S/C11H20N4O2/c1-4-8-9(12)10(15-14-8)11(16)13-6-7(3)17-5-2/h7H,4-6,12H2,1-3H3,(H,13,16)(H,14,15). The summed E-state index contributed by atoms with van der Waals surface area (Å²) < 4.78 is 5.31. The summed E-state index contributed by atoms with van der Waals surface area (Å²) in [5.41, 5.74) is 7.26. The summed E-state index contributed by atoms with van der Waals surface area (Å²) in [7, 11) is 0. The molecule has 0 aliphatic heterocycles. The third-order valence-electron chi connectivity index (χ3n) is 2.45. The molecule has 0 saturated heterocycles. The van der Waals surface area contributed by atoms with Crippen LogP contribution in [0.2, 0.25) is 0 Å². The number of ether oxygens (including phenoxy) is 1. The number of aryl methyl sites for hydroxylation is 1. The number of amides is 1. The van der Waals surface area contributed by atoms with Gasteiger partial charge < -0.3 is 15.8 Å². The first kappa shape index (κ1) is 13.5. The second kappa shape index (κ2) is 6.24. The van der Waals surface area contributed by atoms with Gasteiger partial charge in [0.05, 0.1) is 17.5 Å². The van der Waals surface area contributed by atoms with Crippen LogP contribution in [0.25, 0.3) is 0 Å². The van der Waals surface area contributed by atoms with Gasteiger partial charge in [0.15, 0.2) is 5.69 Å². The highest BCUT2D eigenvalue weighted by Gasteiger charge is 2.16. The fourth-order valence-corrected chi connectivity index (χ4v) is 1.49. The van der Waals surface area contributed by atoms with E-state index in [1.165, 1.54) is 0 Å². The highest BCUT2D eigenvalue weighted by atomic mass is 16.5. The largest absolute Gasteiger partial charge is 0.395 e. The van der Waals surface area contributed by atoms with E-state index in [4.69, 9.17) is 10.5 Å². The number of aromatic nitrogens is 2. The van der Waals surface area contributed by atoms with E-state index >= 15 is 0 Å². The number of rotatable bonds is 6. The molecule has 0 aliphatic carbocycles. The Morgan fingerprint density at radius 2 is 2.29 bits per heavy atom. The molecule has 1 heterocycles. The Morgan fingerprint density at radius 3 is 2.82 bits per heavy atom. The van der Waals surface area contributed by atoms with Gasteiger partial charge in [0, 0.05) is 13.2 Å².